The zero-order valence-electron chi connectivity index (χ0n) is 37.1. The van der Waals surface area contributed by atoms with Gasteiger partial charge in [-0.25, -0.2) is 0 Å². The molecule has 30 nitrogen and oxygen atoms in total. The van der Waals surface area contributed by atoms with Gasteiger partial charge >= 0.3 is 131 Å². The zero-order valence-corrected chi connectivity index (χ0v) is 43.5. The van der Waals surface area contributed by atoms with Crippen LogP contribution in [0.4, 0.5) is 0 Å². The minimum absolute atomic E-state index is 0. The van der Waals surface area contributed by atoms with Gasteiger partial charge in [0, 0.05) is 108 Å². The van der Waals surface area contributed by atoms with Crippen LogP contribution in [0.2, 0.25) is 0 Å². The summed E-state index contributed by atoms with van der Waals surface area (Å²) in [6, 6.07) is 0. The summed E-state index contributed by atoms with van der Waals surface area (Å²) in [5.74, 6) is -14.7. The van der Waals surface area contributed by atoms with Crippen molar-refractivity contribution in [1.82, 2.24) is 29.4 Å². The van der Waals surface area contributed by atoms with Gasteiger partial charge in [-0.1, -0.05) is 0 Å². The van der Waals surface area contributed by atoms with E-state index in [1.54, 1.807) is 0 Å². The van der Waals surface area contributed by atoms with Gasteiger partial charge in [-0.2, -0.15) is 0 Å². The van der Waals surface area contributed by atoms with E-state index in [2.05, 4.69) is 0 Å². The number of carbonyl (C=O) groups is 12. The van der Waals surface area contributed by atoms with Crippen molar-refractivity contribution in [2.45, 2.75) is 0 Å². The molecule has 0 aromatic carbocycles. The fraction of sp³-hybridized carbons (Fsp3) is 0.600. The molecule has 0 radical (unpaired) electrons. The molecule has 0 atom stereocenters. The van der Waals surface area contributed by atoms with Crippen LogP contribution in [0.5, 0.6) is 0 Å². The number of hydrogen-bond acceptors (Lipinski definition) is 18. The minimum Gasteiger partial charge on any atom is -1.00 e. The summed E-state index contributed by atoms with van der Waals surface area (Å²) in [6.45, 7) is -6.75. The van der Waals surface area contributed by atoms with E-state index in [1.165, 1.54) is 0 Å². The van der Waals surface area contributed by atoms with Crippen LogP contribution in [0.25, 0.3) is 0 Å². The topological polar surface area (TPSA) is 467 Å². The standard InChI is InChI=1S/3C10H16N2O8.4Fe.2Na.2H/c3*13-7(14)3-11(4-8(15)16)1-2-12(5-9(17)18)6-10(19)20;;;;;;;;/h3*1-6H2,(H,13,14)(H,15,16)(H,17,18)(H,19,20);;;;;;;;/q;;;;;;;2*+1;2*-1. The quantitative estimate of drug-likeness (QED) is 0.0272. The molecule has 0 aromatic heterocycles. The van der Waals surface area contributed by atoms with Gasteiger partial charge in [-0.15, -0.1) is 0 Å². The van der Waals surface area contributed by atoms with Crippen molar-refractivity contribution in [3.63, 3.8) is 0 Å². The second kappa shape index (κ2) is 48.9. The molecule has 0 heterocycles. The first-order chi connectivity index (χ1) is 27.6. The maximum absolute atomic E-state index is 10.6. The van der Waals surface area contributed by atoms with Crippen molar-refractivity contribution < 1.29 is 249 Å². The Kier molecular flexibility index (Phi) is 61.9. The van der Waals surface area contributed by atoms with Crippen LogP contribution in [0.3, 0.4) is 0 Å². The Morgan fingerprint density at radius 3 is 0.318 bits per heavy atom. The van der Waals surface area contributed by atoms with Crippen LogP contribution in [0.15, 0.2) is 0 Å². The van der Waals surface area contributed by atoms with Gasteiger partial charge in [0.05, 0.1) is 78.5 Å². The molecule has 0 fully saturated rings. The third kappa shape index (κ3) is 61.5. The number of nitrogens with zero attached hydrogens (tertiary/aromatic N) is 6. The number of aliphatic carboxylic acids is 12. The van der Waals surface area contributed by atoms with E-state index >= 15 is 0 Å². The summed E-state index contributed by atoms with van der Waals surface area (Å²) in [4.78, 5) is 133. The Bertz CT molecular complexity index is 1170. The molecule has 36 heteroatoms. The predicted octanol–water partition coefficient (Wildman–Crippen LogP) is -12.0. The molecule has 0 spiro atoms. The summed E-state index contributed by atoms with van der Waals surface area (Å²) in [5.41, 5.74) is 0. The minimum atomic E-state index is -1.23. The van der Waals surface area contributed by atoms with E-state index in [-0.39, 0.29) is 170 Å². The van der Waals surface area contributed by atoms with Crippen molar-refractivity contribution in [3.8, 4) is 0 Å². The molecule has 0 rings (SSSR count). The molecule has 0 unspecified atom stereocenters. The molecule has 0 aromatic rings. The smallest absolute Gasteiger partial charge is 1.00 e. The summed E-state index contributed by atoms with van der Waals surface area (Å²) >= 11 is 0. The van der Waals surface area contributed by atoms with Gasteiger partial charge in [0.15, 0.2) is 0 Å². The van der Waals surface area contributed by atoms with Gasteiger partial charge in [-0.3, -0.25) is 86.9 Å². The van der Waals surface area contributed by atoms with Gasteiger partial charge in [0.25, 0.3) is 0 Å². The van der Waals surface area contributed by atoms with Crippen LogP contribution in [0, 0.1) is 0 Å². The molecular formula is C30H50Fe4N6Na2O24. The van der Waals surface area contributed by atoms with E-state index in [1.807, 2.05) is 0 Å². The average Bonchev–Trinajstić information content (AvgIpc) is 3.02. The van der Waals surface area contributed by atoms with Crippen molar-refractivity contribution in [2.24, 2.45) is 0 Å². The number of hydrogen-bond donors (Lipinski definition) is 12. The van der Waals surface area contributed by atoms with E-state index in [0.29, 0.717) is 0 Å². The van der Waals surface area contributed by atoms with Gasteiger partial charge in [0.2, 0.25) is 0 Å². The van der Waals surface area contributed by atoms with Crippen molar-refractivity contribution in [2.75, 3.05) is 118 Å². The Hall–Kier alpha value is -2.52. The summed E-state index contributed by atoms with van der Waals surface area (Å²) in [6.07, 6.45) is 0. The third-order valence-corrected chi connectivity index (χ3v) is 6.50. The summed E-state index contributed by atoms with van der Waals surface area (Å²) < 4.78 is 0. The van der Waals surface area contributed by atoms with Crippen LogP contribution in [-0.4, -0.2) is 280 Å². The molecule has 378 valence electrons. The molecule has 0 saturated carbocycles. The van der Waals surface area contributed by atoms with E-state index < -0.39 is 150 Å². The van der Waals surface area contributed by atoms with E-state index in [0.717, 1.165) is 29.4 Å². The van der Waals surface area contributed by atoms with Crippen LogP contribution in [-0.2, 0) is 126 Å². The van der Waals surface area contributed by atoms with Gasteiger partial charge in [0.1, 0.15) is 0 Å². The fourth-order valence-corrected chi connectivity index (χ4v) is 4.43. The summed E-state index contributed by atoms with van der Waals surface area (Å²) in [7, 11) is 0. The van der Waals surface area contributed by atoms with E-state index in [4.69, 9.17) is 61.3 Å². The second-order valence-electron chi connectivity index (χ2n) is 12.0. The molecule has 0 amide bonds. The Labute approximate surface area is 464 Å². The average molecular weight is 1150 g/mol. The SMILES string of the molecule is O=C(O)CN(CCN(CC(=O)O)CC(=O)O)CC(=O)O.O=C(O)CN(CCN(CC(=O)O)CC(=O)O)CC(=O)O.O=C(O)CN(CCN(CC(=O)O)CC(=O)O)CC(=O)O.[Fe].[Fe].[Fe].[Fe].[H-].[H-].[Na+].[Na+]. The zero-order chi connectivity index (χ0) is 47.1. The monoisotopic (exact) mass is 1150 g/mol. The van der Waals surface area contributed by atoms with Crippen molar-refractivity contribution in [1.29, 1.82) is 0 Å². The Morgan fingerprint density at radius 2 is 0.273 bits per heavy atom. The maximum atomic E-state index is 10.6. The van der Waals surface area contributed by atoms with E-state index in [9.17, 15) is 57.5 Å². The number of carboxylic acid groups (broad SMARTS) is 12. The maximum Gasteiger partial charge on any atom is 1.00 e. The normalized spacial score (nSPS) is 9.73. The third-order valence-electron chi connectivity index (χ3n) is 6.50. The fourth-order valence-electron chi connectivity index (χ4n) is 4.43. The first-order valence-electron chi connectivity index (χ1n) is 16.6. The van der Waals surface area contributed by atoms with Crippen molar-refractivity contribution in [3.05, 3.63) is 0 Å². The molecule has 0 aliphatic rings. The first kappa shape index (κ1) is 83.5. The van der Waals surface area contributed by atoms with Crippen LogP contribution < -0.4 is 59.1 Å². The summed E-state index contributed by atoms with van der Waals surface area (Å²) in [5, 5.41) is 103. The number of carboxylic acids is 12. The second-order valence-corrected chi connectivity index (χ2v) is 12.0. The largest absolute Gasteiger partial charge is 1.00 e. The first-order valence-corrected chi connectivity index (χ1v) is 16.6. The predicted molar refractivity (Wildman–Crippen MR) is 192 cm³/mol. The molecule has 0 bridgehead atoms. The number of rotatable bonds is 33. The molecule has 0 saturated heterocycles. The molecule has 12 N–H and O–H groups in total. The Balaban J connectivity index is -0.0000000752. The van der Waals surface area contributed by atoms with Gasteiger partial charge < -0.3 is 64.1 Å². The molecule has 0 aliphatic heterocycles. The Morgan fingerprint density at radius 1 is 0.212 bits per heavy atom. The van der Waals surface area contributed by atoms with Crippen molar-refractivity contribution >= 4 is 71.6 Å². The van der Waals surface area contributed by atoms with Crippen LogP contribution in [0.1, 0.15) is 2.85 Å². The molecule has 0 aliphatic carbocycles. The van der Waals surface area contributed by atoms with Crippen LogP contribution >= 0.6 is 0 Å². The molecular weight excluding hydrogens is 1100 g/mol. The van der Waals surface area contributed by atoms with Gasteiger partial charge in [-0.05, 0) is 0 Å². The molecule has 66 heavy (non-hydrogen) atoms.